The van der Waals surface area contributed by atoms with Crippen molar-refractivity contribution in [3.8, 4) is 5.69 Å². The summed E-state index contributed by atoms with van der Waals surface area (Å²) in [4.78, 5) is 39.9. The van der Waals surface area contributed by atoms with Crippen molar-refractivity contribution in [1.82, 2.24) is 45.4 Å². The first kappa shape index (κ1) is 32.5. The number of nitrogens with zero attached hydrogens (tertiary/aromatic N) is 8. The Bertz CT molecular complexity index is 1730. The van der Waals surface area contributed by atoms with Crippen molar-refractivity contribution < 1.29 is 37.4 Å². The number of rotatable bonds is 6. The van der Waals surface area contributed by atoms with E-state index in [1.54, 1.807) is 47.4 Å². The Hall–Kier alpha value is -4.94. The molecule has 2 aromatic heterocycles. The molecule has 2 aromatic carbocycles. The number of likely N-dealkylation sites (tertiary alicyclic amines) is 1. The van der Waals surface area contributed by atoms with E-state index in [0.29, 0.717) is 59.2 Å². The van der Waals surface area contributed by atoms with Crippen LogP contribution in [0.1, 0.15) is 12.0 Å². The van der Waals surface area contributed by atoms with Gasteiger partial charge in [-0.1, -0.05) is 11.6 Å². The molecule has 2 amide bonds. The van der Waals surface area contributed by atoms with E-state index < -0.39 is 18.2 Å². The summed E-state index contributed by atoms with van der Waals surface area (Å²) in [7, 11) is 0. The van der Waals surface area contributed by atoms with E-state index in [-0.39, 0.29) is 17.9 Å². The van der Waals surface area contributed by atoms with Gasteiger partial charge in [-0.2, -0.15) is 33.3 Å². The smallest absolute Gasteiger partial charge is 0.475 e. The minimum atomic E-state index is -5.08. The molecule has 2 atom stereocenters. The number of alkyl halides is 3. The number of benzene rings is 2. The Morgan fingerprint density at radius 1 is 1.09 bits per heavy atom. The van der Waals surface area contributed by atoms with Crippen LogP contribution in [0.15, 0.2) is 48.8 Å². The normalized spacial score (nSPS) is 18.8. The Labute approximate surface area is 262 Å². The number of anilines is 1. The molecular formula is C27H26ClF3N10O5. The van der Waals surface area contributed by atoms with E-state index in [9.17, 15) is 22.8 Å². The molecule has 15 nitrogen and oxygen atoms in total. The van der Waals surface area contributed by atoms with Gasteiger partial charge >= 0.3 is 12.1 Å². The zero-order valence-electron chi connectivity index (χ0n) is 23.8. The third-order valence-electron chi connectivity index (χ3n) is 7.24. The largest absolute Gasteiger partial charge is 0.490 e. The maximum Gasteiger partial charge on any atom is 0.490 e. The van der Waals surface area contributed by atoms with Crippen molar-refractivity contribution in [3.05, 3.63) is 59.4 Å². The lowest BCUT2D eigenvalue weighted by molar-refractivity contribution is -0.192. The lowest BCUT2D eigenvalue weighted by Crippen LogP contribution is -2.45. The van der Waals surface area contributed by atoms with Crippen LogP contribution in [0.5, 0.6) is 0 Å². The van der Waals surface area contributed by atoms with Gasteiger partial charge in [0.15, 0.2) is 0 Å². The number of tetrazole rings is 1. The number of aliphatic carboxylic acids is 1. The second-order valence-corrected chi connectivity index (χ2v) is 10.6. The third-order valence-corrected chi connectivity index (χ3v) is 7.48. The molecule has 242 valence electrons. The van der Waals surface area contributed by atoms with Gasteiger partial charge in [-0.15, -0.1) is 5.10 Å². The molecule has 6 rings (SSSR count). The number of halogens is 4. The van der Waals surface area contributed by atoms with Gasteiger partial charge in [-0.25, -0.2) is 4.79 Å². The fourth-order valence-corrected chi connectivity index (χ4v) is 5.23. The first-order valence-corrected chi connectivity index (χ1v) is 14.1. The third kappa shape index (κ3) is 7.82. The predicted octanol–water partition coefficient (Wildman–Crippen LogP) is 2.17. The number of carbonyl (C=O) groups excluding carboxylic acids is 2. The van der Waals surface area contributed by atoms with E-state index >= 15 is 0 Å². The fourth-order valence-electron chi connectivity index (χ4n) is 5.05. The predicted molar refractivity (Wildman–Crippen MR) is 156 cm³/mol. The van der Waals surface area contributed by atoms with Crippen LogP contribution in [0.4, 0.5) is 18.9 Å². The van der Waals surface area contributed by atoms with Crippen molar-refractivity contribution in [2.24, 2.45) is 0 Å². The zero-order chi connectivity index (χ0) is 32.8. The standard InChI is InChI=1S/C25H25ClN10O3.C2HF3O2/c26-17-2-5-22(36-15-27-31-33-36)16(11-17)1-6-24(37)35-14-19(34-7-9-39-10-8-34)13-23(35)25(38)28-18-3-4-20-21(12-18)30-32-29-20;3-2(4,5)1(6)7/h1-6,11-12,15,19,23H,7-10,13-14H2,(H,28,38)(H,29,30,32);(H,6,7)/t19-,23-;/m0./s1. The summed E-state index contributed by atoms with van der Waals surface area (Å²) in [6, 6.07) is 9.91. The van der Waals surface area contributed by atoms with E-state index in [0.717, 1.165) is 13.1 Å². The number of carboxylic acid groups (broad SMARTS) is 1. The molecule has 19 heteroatoms. The molecule has 0 radical (unpaired) electrons. The van der Waals surface area contributed by atoms with Crippen LogP contribution >= 0.6 is 11.6 Å². The van der Waals surface area contributed by atoms with Crippen LogP contribution in [-0.2, 0) is 19.1 Å². The lowest BCUT2D eigenvalue weighted by atomic mass is 10.1. The SMILES string of the molecule is O=C(Nc1ccc2n[nH]nc2c1)[C@@H]1C[C@H](N2CCOCC2)CN1C(=O)C=Cc1cc(Cl)ccc1-n1cnnn1.O=C(O)C(F)(F)F. The van der Waals surface area contributed by atoms with Crippen LogP contribution in [0.2, 0.25) is 5.02 Å². The molecule has 4 heterocycles. The summed E-state index contributed by atoms with van der Waals surface area (Å²) in [6.07, 6.45) is 0.0287. The summed E-state index contributed by atoms with van der Waals surface area (Å²) >= 11 is 6.23. The fraction of sp³-hybridized carbons (Fsp3) is 0.333. The Morgan fingerprint density at radius 3 is 2.52 bits per heavy atom. The molecule has 0 spiro atoms. The van der Waals surface area contributed by atoms with Gasteiger partial charge in [0.05, 0.1) is 18.9 Å². The van der Waals surface area contributed by atoms with E-state index in [1.165, 1.54) is 17.1 Å². The number of hydrogen-bond acceptors (Lipinski definition) is 10. The summed E-state index contributed by atoms with van der Waals surface area (Å²) in [5.41, 5.74) is 3.25. The quantitative estimate of drug-likeness (QED) is 0.257. The highest BCUT2D eigenvalue weighted by Gasteiger charge is 2.41. The number of morpholine rings is 1. The highest BCUT2D eigenvalue weighted by molar-refractivity contribution is 6.30. The van der Waals surface area contributed by atoms with Crippen LogP contribution in [0.3, 0.4) is 0 Å². The number of hydrogen-bond donors (Lipinski definition) is 3. The zero-order valence-corrected chi connectivity index (χ0v) is 24.5. The molecular weight excluding hydrogens is 637 g/mol. The molecule has 2 aliphatic heterocycles. The van der Waals surface area contributed by atoms with Crippen molar-refractivity contribution in [1.29, 1.82) is 0 Å². The lowest BCUT2D eigenvalue weighted by Gasteiger charge is -2.31. The number of carbonyl (C=O) groups is 3. The minimum absolute atomic E-state index is 0.0444. The molecule has 0 saturated carbocycles. The highest BCUT2D eigenvalue weighted by Crippen LogP contribution is 2.27. The molecule has 46 heavy (non-hydrogen) atoms. The van der Waals surface area contributed by atoms with Crippen molar-refractivity contribution >= 4 is 52.2 Å². The summed E-state index contributed by atoms with van der Waals surface area (Å²) in [5.74, 6) is -3.29. The summed E-state index contributed by atoms with van der Waals surface area (Å²) in [5, 5.41) is 32.6. The first-order chi connectivity index (χ1) is 22.0. The average Bonchev–Trinajstić information content (AvgIpc) is 3.81. The second kappa shape index (κ2) is 14.0. The van der Waals surface area contributed by atoms with E-state index in [4.69, 9.17) is 26.2 Å². The number of ether oxygens (including phenoxy) is 1. The van der Waals surface area contributed by atoms with Crippen molar-refractivity contribution in [2.45, 2.75) is 24.7 Å². The number of fused-ring (bicyclic) bond motifs is 1. The van der Waals surface area contributed by atoms with Gasteiger partial charge in [0, 0.05) is 48.0 Å². The monoisotopic (exact) mass is 662 g/mol. The molecule has 2 aliphatic rings. The molecule has 0 aliphatic carbocycles. The molecule has 0 bridgehead atoms. The van der Waals surface area contributed by atoms with Crippen molar-refractivity contribution in [3.63, 3.8) is 0 Å². The van der Waals surface area contributed by atoms with Gasteiger partial charge < -0.3 is 20.1 Å². The topological polar surface area (TPSA) is 184 Å². The van der Waals surface area contributed by atoms with Crippen molar-refractivity contribution in [2.75, 3.05) is 38.2 Å². The average molecular weight is 663 g/mol. The van der Waals surface area contributed by atoms with Gasteiger partial charge in [-0.05, 0) is 59.3 Å². The molecule has 4 aromatic rings. The Balaban J connectivity index is 0.000000537. The maximum atomic E-state index is 13.6. The van der Waals surface area contributed by atoms with E-state index in [2.05, 4.69) is 41.2 Å². The minimum Gasteiger partial charge on any atom is -0.475 e. The number of aromatic nitrogens is 7. The van der Waals surface area contributed by atoms with Gasteiger partial charge in [0.25, 0.3) is 0 Å². The van der Waals surface area contributed by atoms with Gasteiger partial charge in [0.2, 0.25) is 11.8 Å². The van der Waals surface area contributed by atoms with Gasteiger partial charge in [0.1, 0.15) is 23.4 Å². The number of H-pyrrole nitrogens is 1. The molecule has 0 unspecified atom stereocenters. The van der Waals surface area contributed by atoms with Crippen LogP contribution < -0.4 is 5.32 Å². The molecule has 3 N–H and O–H groups in total. The first-order valence-electron chi connectivity index (χ1n) is 13.7. The van der Waals surface area contributed by atoms with Crippen LogP contribution in [-0.4, -0.2) is 119 Å². The number of carboxylic acids is 1. The summed E-state index contributed by atoms with van der Waals surface area (Å²) < 4.78 is 38.7. The second-order valence-electron chi connectivity index (χ2n) is 10.2. The van der Waals surface area contributed by atoms with Gasteiger partial charge in [-0.3, -0.25) is 14.5 Å². The van der Waals surface area contributed by atoms with Crippen LogP contribution in [0, 0.1) is 0 Å². The Kier molecular flexibility index (Phi) is 9.88. The number of aromatic amines is 1. The number of amides is 2. The summed E-state index contributed by atoms with van der Waals surface area (Å²) in [6.45, 7) is 3.22. The highest BCUT2D eigenvalue weighted by atomic mass is 35.5. The Morgan fingerprint density at radius 2 is 1.83 bits per heavy atom. The molecule has 2 saturated heterocycles. The van der Waals surface area contributed by atoms with Crippen LogP contribution in [0.25, 0.3) is 22.8 Å². The maximum absolute atomic E-state index is 13.6. The molecule has 2 fully saturated rings. The number of nitrogens with one attached hydrogen (secondary N) is 2. The van der Waals surface area contributed by atoms with E-state index in [1.807, 2.05) is 0 Å².